The highest BCUT2D eigenvalue weighted by Gasteiger charge is 2.23. The normalized spacial score (nSPS) is 18.5. The lowest BCUT2D eigenvalue weighted by Crippen LogP contribution is -2.41. The Morgan fingerprint density at radius 2 is 2.00 bits per heavy atom. The van der Waals surface area contributed by atoms with Gasteiger partial charge in [-0.05, 0) is 37.6 Å². The quantitative estimate of drug-likeness (QED) is 0.847. The highest BCUT2D eigenvalue weighted by Crippen LogP contribution is 2.25. The molecule has 0 saturated heterocycles. The van der Waals surface area contributed by atoms with Gasteiger partial charge >= 0.3 is 0 Å². The minimum absolute atomic E-state index is 0.0220. The molecule has 2 nitrogen and oxygen atoms in total. The van der Waals surface area contributed by atoms with Gasteiger partial charge in [0.05, 0.1) is 0 Å². The van der Waals surface area contributed by atoms with Crippen molar-refractivity contribution in [3.63, 3.8) is 0 Å². The fraction of sp³-hybridized carbons (Fsp3) is 0.538. The summed E-state index contributed by atoms with van der Waals surface area (Å²) < 4.78 is 12.8. The summed E-state index contributed by atoms with van der Waals surface area (Å²) in [7, 11) is 2.12. The first-order valence-electron chi connectivity index (χ1n) is 5.88. The van der Waals surface area contributed by atoms with Crippen molar-refractivity contribution in [1.82, 2.24) is 4.90 Å². The topological polar surface area (TPSA) is 29.3 Å². The van der Waals surface area contributed by atoms with Gasteiger partial charge < -0.3 is 10.6 Å². The van der Waals surface area contributed by atoms with Crippen LogP contribution in [0.2, 0.25) is 0 Å². The minimum Gasteiger partial charge on any atom is -0.323 e. The van der Waals surface area contributed by atoms with Gasteiger partial charge in [0, 0.05) is 18.6 Å². The van der Waals surface area contributed by atoms with Crippen molar-refractivity contribution in [2.45, 2.75) is 31.3 Å². The Balaban J connectivity index is 1.91. The summed E-state index contributed by atoms with van der Waals surface area (Å²) in [6, 6.07) is 7.16. The number of hydrogen-bond acceptors (Lipinski definition) is 2. The van der Waals surface area contributed by atoms with E-state index in [2.05, 4.69) is 11.9 Å². The first kappa shape index (κ1) is 11.6. The van der Waals surface area contributed by atoms with Gasteiger partial charge in [-0.3, -0.25) is 0 Å². The molecule has 0 bridgehead atoms. The average molecular weight is 222 g/mol. The van der Waals surface area contributed by atoms with Gasteiger partial charge in [0.25, 0.3) is 0 Å². The summed E-state index contributed by atoms with van der Waals surface area (Å²) in [4.78, 5) is 2.32. The van der Waals surface area contributed by atoms with E-state index in [1.54, 1.807) is 12.1 Å². The Hall–Kier alpha value is -0.930. The van der Waals surface area contributed by atoms with Crippen LogP contribution in [0.1, 0.15) is 30.9 Å². The van der Waals surface area contributed by atoms with E-state index >= 15 is 0 Å². The van der Waals surface area contributed by atoms with Crippen molar-refractivity contribution in [3.8, 4) is 0 Å². The van der Waals surface area contributed by atoms with E-state index < -0.39 is 0 Å². The molecule has 3 heteroatoms. The zero-order valence-electron chi connectivity index (χ0n) is 9.70. The molecule has 1 atom stereocenters. The standard InChI is InChI=1S/C13H19FN2/c1-16(12-3-2-4-12)9-13(15)10-5-7-11(14)8-6-10/h5-8,12-13H,2-4,9,15H2,1H3. The predicted molar refractivity (Wildman–Crippen MR) is 63.6 cm³/mol. The lowest BCUT2D eigenvalue weighted by atomic mass is 9.91. The molecular formula is C13H19FN2. The third-order valence-electron chi connectivity index (χ3n) is 3.48. The van der Waals surface area contributed by atoms with Gasteiger partial charge in [0.1, 0.15) is 5.82 Å². The third-order valence-corrected chi connectivity index (χ3v) is 3.48. The maximum atomic E-state index is 12.8. The monoisotopic (exact) mass is 222 g/mol. The first-order valence-corrected chi connectivity index (χ1v) is 5.88. The van der Waals surface area contributed by atoms with Crippen LogP contribution < -0.4 is 5.73 Å². The molecule has 1 fully saturated rings. The molecule has 1 aliphatic rings. The van der Waals surface area contributed by atoms with Crippen LogP contribution in [0.15, 0.2) is 24.3 Å². The van der Waals surface area contributed by atoms with E-state index in [-0.39, 0.29) is 11.9 Å². The lowest BCUT2D eigenvalue weighted by Gasteiger charge is -2.36. The van der Waals surface area contributed by atoms with E-state index in [1.165, 1.54) is 31.4 Å². The van der Waals surface area contributed by atoms with E-state index in [4.69, 9.17) is 5.73 Å². The van der Waals surface area contributed by atoms with Crippen molar-refractivity contribution < 1.29 is 4.39 Å². The van der Waals surface area contributed by atoms with Gasteiger partial charge in [0.15, 0.2) is 0 Å². The molecule has 0 spiro atoms. The molecule has 0 aromatic heterocycles. The van der Waals surface area contributed by atoms with Crippen LogP contribution in [0.4, 0.5) is 4.39 Å². The van der Waals surface area contributed by atoms with Crippen LogP contribution in [-0.2, 0) is 0 Å². The Morgan fingerprint density at radius 1 is 1.38 bits per heavy atom. The second-order valence-corrected chi connectivity index (χ2v) is 4.68. The van der Waals surface area contributed by atoms with Crippen molar-refractivity contribution in [2.75, 3.05) is 13.6 Å². The number of hydrogen-bond donors (Lipinski definition) is 1. The SMILES string of the molecule is CN(CC(N)c1ccc(F)cc1)C1CCC1. The van der Waals surface area contributed by atoms with Gasteiger partial charge in [-0.15, -0.1) is 0 Å². The molecule has 1 aliphatic carbocycles. The Bertz CT molecular complexity index is 332. The summed E-state index contributed by atoms with van der Waals surface area (Å²) in [5.41, 5.74) is 7.11. The predicted octanol–water partition coefficient (Wildman–Crippen LogP) is 2.31. The first-order chi connectivity index (χ1) is 7.66. The van der Waals surface area contributed by atoms with Crippen LogP contribution in [0, 0.1) is 5.82 Å². The molecular weight excluding hydrogens is 203 g/mol. The Morgan fingerprint density at radius 3 is 2.50 bits per heavy atom. The van der Waals surface area contributed by atoms with Crippen LogP contribution in [-0.4, -0.2) is 24.5 Å². The molecule has 0 radical (unpaired) electrons. The summed E-state index contributed by atoms with van der Waals surface area (Å²) in [6.07, 6.45) is 3.90. The molecule has 1 unspecified atom stereocenters. The minimum atomic E-state index is -0.205. The molecule has 0 amide bonds. The van der Waals surface area contributed by atoms with Crippen LogP contribution in [0.25, 0.3) is 0 Å². The van der Waals surface area contributed by atoms with Crippen LogP contribution in [0.3, 0.4) is 0 Å². The maximum Gasteiger partial charge on any atom is 0.123 e. The average Bonchev–Trinajstić information content (AvgIpc) is 2.15. The maximum absolute atomic E-state index is 12.8. The molecule has 0 aliphatic heterocycles. The van der Waals surface area contributed by atoms with Gasteiger partial charge in [-0.1, -0.05) is 18.6 Å². The van der Waals surface area contributed by atoms with Gasteiger partial charge in [0.2, 0.25) is 0 Å². The van der Waals surface area contributed by atoms with E-state index in [9.17, 15) is 4.39 Å². The fourth-order valence-corrected chi connectivity index (χ4v) is 2.10. The van der Waals surface area contributed by atoms with Crippen molar-refractivity contribution in [1.29, 1.82) is 0 Å². The second-order valence-electron chi connectivity index (χ2n) is 4.68. The Labute approximate surface area is 96.2 Å². The zero-order chi connectivity index (χ0) is 11.5. The highest BCUT2D eigenvalue weighted by molar-refractivity contribution is 5.19. The molecule has 88 valence electrons. The highest BCUT2D eigenvalue weighted by atomic mass is 19.1. The number of likely N-dealkylation sites (N-methyl/N-ethyl adjacent to an activating group) is 1. The summed E-state index contributed by atoms with van der Waals surface area (Å²) in [5.74, 6) is -0.205. The summed E-state index contributed by atoms with van der Waals surface area (Å²) in [5, 5.41) is 0. The molecule has 0 heterocycles. The third kappa shape index (κ3) is 2.60. The number of rotatable bonds is 4. The molecule has 2 rings (SSSR count). The number of benzene rings is 1. The van der Waals surface area contributed by atoms with Gasteiger partial charge in [-0.25, -0.2) is 4.39 Å². The summed E-state index contributed by atoms with van der Waals surface area (Å²) >= 11 is 0. The van der Waals surface area contributed by atoms with Crippen LogP contribution in [0.5, 0.6) is 0 Å². The number of nitrogens with two attached hydrogens (primary N) is 1. The lowest BCUT2D eigenvalue weighted by molar-refractivity contribution is 0.152. The number of nitrogens with zero attached hydrogens (tertiary/aromatic N) is 1. The zero-order valence-corrected chi connectivity index (χ0v) is 9.70. The molecule has 16 heavy (non-hydrogen) atoms. The number of halogens is 1. The smallest absolute Gasteiger partial charge is 0.123 e. The fourth-order valence-electron chi connectivity index (χ4n) is 2.10. The van der Waals surface area contributed by atoms with E-state index in [0.717, 1.165) is 12.1 Å². The molecule has 1 aromatic rings. The van der Waals surface area contributed by atoms with E-state index in [0.29, 0.717) is 6.04 Å². The van der Waals surface area contributed by atoms with Crippen molar-refractivity contribution in [2.24, 2.45) is 5.73 Å². The van der Waals surface area contributed by atoms with Gasteiger partial charge in [-0.2, -0.15) is 0 Å². The summed E-state index contributed by atoms with van der Waals surface area (Å²) in [6.45, 7) is 0.844. The van der Waals surface area contributed by atoms with Crippen molar-refractivity contribution in [3.05, 3.63) is 35.6 Å². The van der Waals surface area contributed by atoms with Crippen molar-refractivity contribution >= 4 is 0 Å². The second kappa shape index (κ2) is 4.93. The molecule has 1 aromatic carbocycles. The molecule has 1 saturated carbocycles. The van der Waals surface area contributed by atoms with E-state index in [1.807, 2.05) is 0 Å². The van der Waals surface area contributed by atoms with Crippen LogP contribution >= 0.6 is 0 Å². The molecule has 2 N–H and O–H groups in total. The Kier molecular flexibility index (Phi) is 3.56. The largest absolute Gasteiger partial charge is 0.323 e.